The normalized spacial score (nSPS) is 28.1. The van der Waals surface area contributed by atoms with E-state index in [2.05, 4.69) is 5.32 Å². The van der Waals surface area contributed by atoms with E-state index in [1.807, 2.05) is 0 Å². The van der Waals surface area contributed by atoms with Gasteiger partial charge < -0.3 is 15.2 Å². The van der Waals surface area contributed by atoms with Crippen LogP contribution >= 0.6 is 35.0 Å². The monoisotopic (exact) mass is 437 g/mol. The molecule has 2 aliphatic rings. The Kier molecular flexibility index (Phi) is 5.16. The Balaban J connectivity index is 1.70. The largest absolute Gasteiger partial charge is 0.548 e. The predicted octanol–water partition coefficient (Wildman–Crippen LogP) is 3.66. The zero-order chi connectivity index (χ0) is 20.0. The number of nitrogens with one attached hydrogen (secondary N) is 1. The molecule has 2 aromatic rings. The maximum atomic E-state index is 11.7. The van der Waals surface area contributed by atoms with E-state index in [4.69, 9.17) is 23.2 Å². The van der Waals surface area contributed by atoms with Crippen molar-refractivity contribution in [2.45, 2.75) is 33.9 Å². The number of rotatable bonds is 4. The second-order valence-electron chi connectivity index (χ2n) is 6.92. The van der Waals surface area contributed by atoms with Crippen molar-refractivity contribution in [3.8, 4) is 0 Å². The summed E-state index contributed by atoms with van der Waals surface area (Å²) in [5, 5.41) is 26.1. The summed E-state index contributed by atoms with van der Waals surface area (Å²) in [4.78, 5) is 23.2. The summed E-state index contributed by atoms with van der Waals surface area (Å²) < 4.78 is 0. The Labute approximate surface area is 175 Å². The van der Waals surface area contributed by atoms with E-state index in [9.17, 15) is 20.0 Å². The smallest absolute Gasteiger partial charge is 0.282 e. The van der Waals surface area contributed by atoms with Gasteiger partial charge in [0, 0.05) is 27.9 Å². The fourth-order valence-corrected chi connectivity index (χ4v) is 6.32. The van der Waals surface area contributed by atoms with E-state index < -0.39 is 22.3 Å². The first-order valence-electron chi connectivity index (χ1n) is 8.68. The topological polar surface area (TPSA) is 95.3 Å². The molecule has 1 aliphatic heterocycles. The molecule has 1 aliphatic carbocycles. The lowest BCUT2D eigenvalue weighted by molar-refractivity contribution is -0.387. The van der Waals surface area contributed by atoms with Crippen LogP contribution in [0.25, 0.3) is 0 Å². The summed E-state index contributed by atoms with van der Waals surface area (Å²) in [6.45, 7) is 0. The first-order chi connectivity index (χ1) is 13.4. The maximum absolute atomic E-state index is 11.7. The van der Waals surface area contributed by atoms with Crippen molar-refractivity contribution in [3.63, 3.8) is 0 Å². The van der Waals surface area contributed by atoms with Gasteiger partial charge in [0.25, 0.3) is 5.69 Å². The molecule has 6 nitrogen and oxygen atoms in total. The Morgan fingerprint density at radius 2 is 2.00 bits per heavy atom. The second kappa shape index (κ2) is 7.46. The minimum absolute atomic E-state index is 0.0178. The van der Waals surface area contributed by atoms with Crippen LogP contribution in [0.1, 0.15) is 17.9 Å². The van der Waals surface area contributed by atoms with Gasteiger partial charge in [-0.3, -0.25) is 10.1 Å². The van der Waals surface area contributed by atoms with Crippen LogP contribution < -0.4 is 10.4 Å². The number of carbonyl (C=O) groups excluding carboxylic acids is 1. The molecule has 0 radical (unpaired) electrons. The summed E-state index contributed by atoms with van der Waals surface area (Å²) in [5.74, 6) is -1.71. The average molecular weight is 438 g/mol. The summed E-state index contributed by atoms with van der Waals surface area (Å²) in [6, 6.07) is 10.9. The average Bonchev–Trinajstić information content (AvgIpc) is 2.98. The number of fused-ring (bicyclic) bond motifs is 3. The fraction of sp³-hybridized carbons (Fsp3) is 0.316. The molecular weight excluding hydrogens is 423 g/mol. The molecule has 5 atom stereocenters. The van der Waals surface area contributed by atoms with Gasteiger partial charge in [-0.2, -0.15) is 0 Å². The molecule has 1 saturated carbocycles. The van der Waals surface area contributed by atoms with Crippen molar-refractivity contribution < 1.29 is 14.8 Å². The van der Waals surface area contributed by atoms with Crippen LogP contribution in [0.2, 0.25) is 5.02 Å². The Morgan fingerprint density at radius 3 is 2.71 bits per heavy atom. The van der Waals surface area contributed by atoms with Crippen LogP contribution in [0.4, 0.5) is 11.4 Å². The number of benzene rings is 2. The van der Waals surface area contributed by atoms with Crippen molar-refractivity contribution in [1.29, 1.82) is 0 Å². The van der Waals surface area contributed by atoms with Crippen LogP contribution in [-0.2, 0) is 4.79 Å². The number of thioether (sulfide) groups is 1. The molecule has 1 N–H and O–H groups in total. The molecular formula is C19H15Cl2N2O4S-. The molecule has 28 heavy (non-hydrogen) atoms. The van der Waals surface area contributed by atoms with E-state index in [0.717, 1.165) is 5.56 Å². The van der Waals surface area contributed by atoms with Gasteiger partial charge in [0.05, 0.1) is 27.2 Å². The third kappa shape index (κ3) is 3.32. The zero-order valence-electron chi connectivity index (χ0n) is 14.4. The number of hydrogen-bond donors (Lipinski definition) is 1. The first-order valence-corrected chi connectivity index (χ1v) is 10.4. The van der Waals surface area contributed by atoms with Crippen molar-refractivity contribution in [3.05, 3.63) is 63.2 Å². The van der Waals surface area contributed by atoms with E-state index in [1.54, 1.807) is 36.4 Å². The number of para-hydroxylation sites is 1. The van der Waals surface area contributed by atoms with E-state index >= 15 is 0 Å². The lowest BCUT2D eigenvalue weighted by Gasteiger charge is -2.38. The van der Waals surface area contributed by atoms with Gasteiger partial charge in [-0.15, -0.1) is 23.4 Å². The molecule has 0 amide bonds. The number of nitro benzene ring substituents is 1. The number of hydrogen-bond acceptors (Lipinski definition) is 6. The number of aliphatic carboxylic acids is 1. The minimum atomic E-state index is -1.18. The number of carboxylic acid groups (broad SMARTS) is 1. The van der Waals surface area contributed by atoms with Crippen LogP contribution in [0, 0.1) is 16.0 Å². The highest BCUT2D eigenvalue weighted by Crippen LogP contribution is 2.55. The number of alkyl halides is 1. The maximum Gasteiger partial charge on any atom is 0.282 e. The lowest BCUT2D eigenvalue weighted by Crippen LogP contribution is -2.49. The molecule has 4 rings (SSSR count). The second-order valence-corrected chi connectivity index (χ2v) is 9.14. The number of anilines is 1. The summed E-state index contributed by atoms with van der Waals surface area (Å²) >= 11 is 14.3. The van der Waals surface area contributed by atoms with Crippen molar-refractivity contribution in [2.24, 2.45) is 5.92 Å². The van der Waals surface area contributed by atoms with Crippen molar-refractivity contribution >= 4 is 52.3 Å². The molecule has 0 saturated heterocycles. The SMILES string of the molecule is O=C([O-])C1Nc2ccc(Cl)cc2C2C(Cl)C(Sc3ccccc3[N+](=O)[O-])CC12. The van der Waals surface area contributed by atoms with Crippen LogP contribution in [0.15, 0.2) is 47.4 Å². The van der Waals surface area contributed by atoms with Gasteiger partial charge in [-0.25, -0.2) is 0 Å². The van der Waals surface area contributed by atoms with E-state index in [1.165, 1.54) is 17.8 Å². The Bertz CT molecular complexity index is 957. The molecule has 0 aromatic heterocycles. The molecule has 1 heterocycles. The number of nitrogens with zero attached hydrogens (tertiary/aromatic N) is 1. The van der Waals surface area contributed by atoms with Crippen LogP contribution in [0.5, 0.6) is 0 Å². The Morgan fingerprint density at radius 1 is 1.25 bits per heavy atom. The molecule has 9 heteroatoms. The fourth-order valence-electron chi connectivity index (χ4n) is 4.19. The third-order valence-corrected chi connectivity index (χ3v) is 7.72. The molecule has 146 valence electrons. The lowest BCUT2D eigenvalue weighted by atomic mass is 9.79. The standard InChI is InChI=1S/C19H16Cl2N2O4S/c20-9-5-6-12-10(7-9)16-11(18(22-12)19(24)25)8-15(17(16)21)28-14-4-2-1-3-13(14)23(26)27/h1-7,11,15-18,22H,8H2,(H,24,25)/p-1. The number of halogens is 2. The van der Waals surface area contributed by atoms with Gasteiger partial charge >= 0.3 is 0 Å². The first kappa shape index (κ1) is 19.4. The highest BCUT2D eigenvalue weighted by atomic mass is 35.5. The minimum Gasteiger partial charge on any atom is -0.548 e. The number of nitro groups is 1. The molecule has 0 bridgehead atoms. The predicted molar refractivity (Wildman–Crippen MR) is 107 cm³/mol. The van der Waals surface area contributed by atoms with Gasteiger partial charge in [-0.05, 0) is 42.2 Å². The van der Waals surface area contributed by atoms with Crippen LogP contribution in [-0.4, -0.2) is 27.6 Å². The summed E-state index contributed by atoms with van der Waals surface area (Å²) in [6.07, 6.45) is 0.493. The molecule has 1 fully saturated rings. The van der Waals surface area contributed by atoms with E-state index in [-0.39, 0.29) is 22.8 Å². The van der Waals surface area contributed by atoms with Crippen LogP contribution in [0.3, 0.4) is 0 Å². The third-order valence-electron chi connectivity index (χ3n) is 5.37. The molecule has 5 unspecified atom stereocenters. The zero-order valence-corrected chi connectivity index (χ0v) is 16.7. The van der Waals surface area contributed by atoms with Crippen molar-refractivity contribution in [2.75, 3.05) is 5.32 Å². The number of carboxylic acids is 1. The number of carbonyl (C=O) groups is 1. The van der Waals surface area contributed by atoms with E-state index in [0.29, 0.717) is 22.0 Å². The summed E-state index contributed by atoms with van der Waals surface area (Å²) in [7, 11) is 0. The summed E-state index contributed by atoms with van der Waals surface area (Å²) in [5.41, 5.74) is 1.58. The highest BCUT2D eigenvalue weighted by molar-refractivity contribution is 8.00. The van der Waals surface area contributed by atoms with Crippen molar-refractivity contribution in [1.82, 2.24) is 0 Å². The van der Waals surface area contributed by atoms with Gasteiger partial charge in [0.1, 0.15) is 0 Å². The van der Waals surface area contributed by atoms with Gasteiger partial charge in [-0.1, -0.05) is 23.7 Å². The molecule has 2 aromatic carbocycles. The van der Waals surface area contributed by atoms with Gasteiger partial charge in [0.2, 0.25) is 0 Å². The molecule has 0 spiro atoms. The quantitative estimate of drug-likeness (QED) is 0.445. The highest BCUT2D eigenvalue weighted by Gasteiger charge is 2.50. The Hall–Kier alpha value is -1.96. The van der Waals surface area contributed by atoms with Gasteiger partial charge in [0.15, 0.2) is 0 Å².